The van der Waals surface area contributed by atoms with Crippen LogP contribution in [0.15, 0.2) is 146 Å². The molecular formula is C39H29N. The van der Waals surface area contributed by atoms with Gasteiger partial charge in [0.2, 0.25) is 0 Å². The van der Waals surface area contributed by atoms with E-state index in [0.29, 0.717) is 5.92 Å². The van der Waals surface area contributed by atoms with Gasteiger partial charge in [-0.1, -0.05) is 133 Å². The first-order valence-corrected chi connectivity index (χ1v) is 14.1. The minimum atomic E-state index is 0.287. The number of rotatable bonds is 3. The first-order chi connectivity index (χ1) is 19.8. The van der Waals surface area contributed by atoms with E-state index in [1.165, 1.54) is 66.3 Å². The van der Waals surface area contributed by atoms with Crippen LogP contribution in [0.5, 0.6) is 0 Å². The summed E-state index contributed by atoms with van der Waals surface area (Å²) in [4.78, 5) is 2.52. The summed E-state index contributed by atoms with van der Waals surface area (Å²) in [6.45, 7) is 2.17. The van der Waals surface area contributed by atoms with Crippen LogP contribution in [0, 0.1) is 6.92 Å². The standard InChI is InChI=1S/C39H29N/c1-26-12-10-13-27(24-26)38-32-18-2-4-20-34(32)39(35-21-5-3-19-33(35)38)28-14-11-15-29(25-28)40-36-22-8-6-16-30(36)31-17-7-9-23-37(31)40/h2-25,30,36H,1H3. The van der Waals surface area contributed by atoms with E-state index in [1.54, 1.807) is 0 Å². The Bertz CT molecular complexity index is 1940. The zero-order valence-electron chi connectivity index (χ0n) is 22.5. The molecule has 6 aromatic rings. The summed E-state index contributed by atoms with van der Waals surface area (Å²) < 4.78 is 0. The van der Waals surface area contributed by atoms with Crippen LogP contribution in [0.4, 0.5) is 11.4 Å². The Balaban J connectivity index is 1.38. The Labute approximate surface area is 235 Å². The Morgan fingerprint density at radius 2 is 1.10 bits per heavy atom. The van der Waals surface area contributed by atoms with Gasteiger partial charge in [-0.2, -0.15) is 0 Å². The van der Waals surface area contributed by atoms with Crippen molar-refractivity contribution in [2.75, 3.05) is 4.90 Å². The van der Waals surface area contributed by atoms with Gasteiger partial charge in [-0.3, -0.25) is 0 Å². The summed E-state index contributed by atoms with van der Waals surface area (Å²) in [6, 6.07) is 45.0. The highest BCUT2D eigenvalue weighted by Crippen LogP contribution is 2.49. The van der Waals surface area contributed by atoms with Gasteiger partial charge >= 0.3 is 0 Å². The van der Waals surface area contributed by atoms with E-state index in [2.05, 4.69) is 157 Å². The molecule has 0 fully saturated rings. The third-order valence-electron chi connectivity index (χ3n) is 8.61. The highest BCUT2D eigenvalue weighted by atomic mass is 15.2. The Morgan fingerprint density at radius 1 is 0.525 bits per heavy atom. The molecule has 0 bridgehead atoms. The molecule has 1 nitrogen and oxygen atoms in total. The van der Waals surface area contributed by atoms with Crippen LogP contribution in [0.3, 0.4) is 0 Å². The van der Waals surface area contributed by atoms with E-state index in [-0.39, 0.29) is 6.04 Å². The fraction of sp³-hybridized carbons (Fsp3) is 0.0769. The summed E-state index contributed by atoms with van der Waals surface area (Å²) in [5.41, 5.74) is 10.3. The monoisotopic (exact) mass is 511 g/mol. The molecule has 1 aliphatic carbocycles. The molecule has 0 saturated heterocycles. The number of aryl methyl sites for hydroxylation is 1. The molecule has 2 unspecified atom stereocenters. The topological polar surface area (TPSA) is 3.24 Å². The van der Waals surface area contributed by atoms with Crippen molar-refractivity contribution in [3.05, 3.63) is 157 Å². The summed E-state index contributed by atoms with van der Waals surface area (Å²) in [5, 5.41) is 5.16. The SMILES string of the molecule is Cc1cccc(-c2c3ccccc3c(-c3cccc(N4c5ccccc5C5C=CC=CC54)c3)c3ccccc23)c1. The molecule has 190 valence electrons. The van der Waals surface area contributed by atoms with Crippen molar-refractivity contribution in [1.82, 2.24) is 0 Å². The van der Waals surface area contributed by atoms with Crippen LogP contribution in [-0.2, 0) is 0 Å². The van der Waals surface area contributed by atoms with Crippen LogP contribution in [-0.4, -0.2) is 6.04 Å². The molecule has 2 atom stereocenters. The molecule has 0 aromatic heterocycles. The number of benzene rings is 6. The zero-order valence-corrected chi connectivity index (χ0v) is 22.5. The quantitative estimate of drug-likeness (QED) is 0.214. The van der Waals surface area contributed by atoms with Crippen molar-refractivity contribution in [1.29, 1.82) is 0 Å². The molecular weight excluding hydrogens is 482 g/mol. The van der Waals surface area contributed by atoms with Crippen molar-refractivity contribution in [3.63, 3.8) is 0 Å². The largest absolute Gasteiger partial charge is 0.333 e. The lowest BCUT2D eigenvalue weighted by Crippen LogP contribution is -2.28. The highest BCUT2D eigenvalue weighted by molar-refractivity contribution is 6.21. The van der Waals surface area contributed by atoms with Crippen molar-refractivity contribution in [2.45, 2.75) is 18.9 Å². The summed E-state index contributed by atoms with van der Waals surface area (Å²) in [6.07, 6.45) is 9.07. The zero-order chi connectivity index (χ0) is 26.6. The van der Waals surface area contributed by atoms with Crippen LogP contribution in [0.25, 0.3) is 43.8 Å². The summed E-state index contributed by atoms with van der Waals surface area (Å²) >= 11 is 0. The number of anilines is 2. The van der Waals surface area contributed by atoms with Crippen LogP contribution >= 0.6 is 0 Å². The molecule has 40 heavy (non-hydrogen) atoms. The second kappa shape index (κ2) is 9.10. The third kappa shape index (κ3) is 3.48. The van der Waals surface area contributed by atoms with Gasteiger partial charge in [-0.05, 0) is 74.5 Å². The van der Waals surface area contributed by atoms with E-state index in [4.69, 9.17) is 0 Å². The van der Waals surface area contributed by atoms with Crippen LogP contribution in [0.2, 0.25) is 0 Å². The molecule has 1 heterocycles. The van der Waals surface area contributed by atoms with Crippen molar-refractivity contribution < 1.29 is 0 Å². The first-order valence-electron chi connectivity index (χ1n) is 14.1. The Hall–Kier alpha value is -4.88. The van der Waals surface area contributed by atoms with Crippen molar-refractivity contribution >= 4 is 32.9 Å². The molecule has 8 rings (SSSR count). The molecule has 0 amide bonds. The summed E-state index contributed by atoms with van der Waals surface area (Å²) in [7, 11) is 0. The number of allylic oxidation sites excluding steroid dienone is 2. The predicted octanol–water partition coefficient (Wildman–Crippen LogP) is 10.4. The maximum Gasteiger partial charge on any atom is 0.0629 e. The van der Waals surface area contributed by atoms with Gasteiger partial charge in [-0.15, -0.1) is 0 Å². The van der Waals surface area contributed by atoms with E-state index >= 15 is 0 Å². The molecule has 6 aromatic carbocycles. The predicted molar refractivity (Wildman–Crippen MR) is 170 cm³/mol. The third-order valence-corrected chi connectivity index (χ3v) is 8.61. The molecule has 0 N–H and O–H groups in total. The molecule has 1 heteroatoms. The minimum Gasteiger partial charge on any atom is -0.333 e. The lowest BCUT2D eigenvalue weighted by Gasteiger charge is -2.29. The number of nitrogens with zero attached hydrogens (tertiary/aromatic N) is 1. The average molecular weight is 512 g/mol. The van der Waals surface area contributed by atoms with Gasteiger partial charge in [0.05, 0.1) is 6.04 Å². The number of hydrogen-bond donors (Lipinski definition) is 0. The maximum absolute atomic E-state index is 2.52. The average Bonchev–Trinajstić information content (AvgIpc) is 3.34. The molecule has 0 radical (unpaired) electrons. The first kappa shape index (κ1) is 23.0. The Kier molecular flexibility index (Phi) is 5.24. The fourth-order valence-electron chi connectivity index (χ4n) is 6.95. The number of hydrogen-bond acceptors (Lipinski definition) is 1. The Morgan fingerprint density at radius 3 is 1.77 bits per heavy atom. The van der Waals surface area contributed by atoms with E-state index < -0.39 is 0 Å². The molecule has 0 saturated carbocycles. The number of fused-ring (bicyclic) bond motifs is 5. The molecule has 2 aliphatic rings. The maximum atomic E-state index is 2.52. The van der Waals surface area contributed by atoms with Gasteiger partial charge in [0.25, 0.3) is 0 Å². The van der Waals surface area contributed by atoms with Gasteiger partial charge < -0.3 is 4.90 Å². The lowest BCUT2D eigenvalue weighted by molar-refractivity contribution is 0.745. The van der Waals surface area contributed by atoms with Gasteiger partial charge in [-0.25, -0.2) is 0 Å². The van der Waals surface area contributed by atoms with Gasteiger partial charge in [0.15, 0.2) is 0 Å². The van der Waals surface area contributed by atoms with Gasteiger partial charge in [0.1, 0.15) is 0 Å². The van der Waals surface area contributed by atoms with Crippen LogP contribution < -0.4 is 4.90 Å². The van der Waals surface area contributed by atoms with E-state index in [9.17, 15) is 0 Å². The fourth-order valence-corrected chi connectivity index (χ4v) is 6.95. The lowest BCUT2D eigenvalue weighted by atomic mass is 9.85. The van der Waals surface area contributed by atoms with Gasteiger partial charge in [0, 0.05) is 17.3 Å². The van der Waals surface area contributed by atoms with Crippen molar-refractivity contribution in [3.8, 4) is 22.3 Å². The minimum absolute atomic E-state index is 0.287. The molecule has 1 aliphatic heterocycles. The summed E-state index contributed by atoms with van der Waals surface area (Å²) in [5.74, 6) is 0.375. The van der Waals surface area contributed by atoms with Crippen molar-refractivity contribution in [2.24, 2.45) is 0 Å². The van der Waals surface area contributed by atoms with E-state index in [1.807, 2.05) is 0 Å². The number of para-hydroxylation sites is 1. The smallest absolute Gasteiger partial charge is 0.0629 e. The highest BCUT2D eigenvalue weighted by Gasteiger charge is 2.37. The van der Waals surface area contributed by atoms with Crippen LogP contribution in [0.1, 0.15) is 17.0 Å². The second-order valence-electron chi connectivity index (χ2n) is 11.0. The normalized spacial score (nSPS) is 17.4. The second-order valence-corrected chi connectivity index (χ2v) is 11.0. The molecule has 0 spiro atoms. The van der Waals surface area contributed by atoms with E-state index in [0.717, 1.165) is 0 Å².